The van der Waals surface area contributed by atoms with Crippen molar-refractivity contribution in [1.82, 2.24) is 0 Å². The van der Waals surface area contributed by atoms with E-state index >= 15 is 0 Å². The first kappa shape index (κ1) is 12.6. The summed E-state index contributed by atoms with van der Waals surface area (Å²) in [7, 11) is 0. The molecular weight excluding hydrogens is 273 g/mol. The van der Waals surface area contributed by atoms with Crippen LogP contribution in [0.25, 0.3) is 10.1 Å². The molecule has 100 valence electrons. The zero-order valence-corrected chi connectivity index (χ0v) is 11.4. The minimum Gasteiger partial charge on any atom is -0.398 e. The molecule has 0 unspecified atom stereocenters. The Balaban J connectivity index is 2.10. The molecule has 5 heteroatoms. The first-order valence-electron chi connectivity index (χ1n) is 6.02. The van der Waals surface area contributed by atoms with Crippen LogP contribution in [0.15, 0.2) is 42.5 Å². The number of halogens is 1. The number of hydrogen-bond acceptors (Lipinski definition) is 3. The third-order valence-corrected chi connectivity index (χ3v) is 4.30. The summed E-state index contributed by atoms with van der Waals surface area (Å²) in [6, 6.07) is 12.7. The summed E-state index contributed by atoms with van der Waals surface area (Å²) in [5, 5.41) is 7.28. The summed E-state index contributed by atoms with van der Waals surface area (Å²) < 4.78 is 14.5. The highest BCUT2D eigenvalue weighted by Crippen LogP contribution is 2.28. The van der Waals surface area contributed by atoms with Gasteiger partial charge in [-0.25, -0.2) is 4.39 Å². The van der Waals surface area contributed by atoms with Crippen molar-refractivity contribution in [1.29, 1.82) is 0 Å². The zero-order valence-electron chi connectivity index (χ0n) is 10.6. The Morgan fingerprint density at radius 3 is 2.55 bits per heavy atom. The minimum absolute atomic E-state index is 0.0401. The van der Waals surface area contributed by atoms with Crippen molar-refractivity contribution >= 4 is 38.5 Å². The maximum absolute atomic E-state index is 13.3. The van der Waals surface area contributed by atoms with Gasteiger partial charge in [-0.05, 0) is 29.7 Å². The summed E-state index contributed by atoms with van der Waals surface area (Å²) in [5.41, 5.74) is 12.8. The van der Waals surface area contributed by atoms with E-state index in [0.29, 0.717) is 11.3 Å². The van der Waals surface area contributed by atoms with Crippen molar-refractivity contribution in [2.24, 2.45) is 0 Å². The number of nitrogens with two attached hydrogens (primary N) is 3. The molecule has 0 amide bonds. The van der Waals surface area contributed by atoms with E-state index < -0.39 is 5.82 Å². The molecule has 1 aromatic heterocycles. The Labute approximate surface area is 119 Å². The molecule has 0 radical (unpaired) electrons. The van der Waals surface area contributed by atoms with Crippen molar-refractivity contribution in [2.45, 2.75) is 0 Å². The molecule has 0 aliphatic heterocycles. The lowest BCUT2D eigenvalue weighted by Crippen LogP contribution is -2.41. The summed E-state index contributed by atoms with van der Waals surface area (Å²) in [4.78, 5) is 0.893. The molecule has 20 heavy (non-hydrogen) atoms. The molecule has 3 rings (SSSR count). The number of nitrogen functional groups attached to an aromatic ring is 2. The third-order valence-electron chi connectivity index (χ3n) is 3.15. The molecule has 1 heterocycles. The highest BCUT2D eigenvalue weighted by molar-refractivity contribution is 7.21. The minimum atomic E-state index is -0.532. The molecule has 0 spiro atoms. The Bertz CT molecular complexity index is 790. The van der Waals surface area contributed by atoms with Crippen LogP contribution < -0.4 is 16.9 Å². The molecule has 6 N–H and O–H groups in total. The Morgan fingerprint density at radius 2 is 1.80 bits per heavy atom. The molecular formula is C15H13FN3S+. The van der Waals surface area contributed by atoms with Gasteiger partial charge >= 0.3 is 0 Å². The highest BCUT2D eigenvalue weighted by atomic mass is 32.1. The second kappa shape index (κ2) is 4.61. The van der Waals surface area contributed by atoms with Crippen LogP contribution in [0.5, 0.6) is 0 Å². The van der Waals surface area contributed by atoms with Crippen molar-refractivity contribution in [3.63, 3.8) is 0 Å². The van der Waals surface area contributed by atoms with Crippen LogP contribution >= 0.6 is 11.3 Å². The van der Waals surface area contributed by atoms with Gasteiger partial charge in [0.25, 0.3) is 0 Å². The predicted molar refractivity (Wildman–Crippen MR) is 82.2 cm³/mol. The SMILES string of the molecule is Nc1cc(C(=[NH2+])c2cc3ccccc3s2)c(N)cc1F. The van der Waals surface area contributed by atoms with Crippen LogP contribution in [-0.4, -0.2) is 5.71 Å². The number of fused-ring (bicyclic) bond motifs is 1. The maximum atomic E-state index is 13.3. The third kappa shape index (κ3) is 2.02. The number of hydrogen-bond donors (Lipinski definition) is 3. The van der Waals surface area contributed by atoms with Crippen LogP contribution in [0, 0.1) is 5.82 Å². The second-order valence-corrected chi connectivity index (χ2v) is 5.61. The van der Waals surface area contributed by atoms with Gasteiger partial charge in [-0.3, -0.25) is 5.41 Å². The fraction of sp³-hybridized carbons (Fsp3) is 0. The average molecular weight is 286 g/mol. The Kier molecular flexibility index (Phi) is 2.91. The van der Waals surface area contributed by atoms with Gasteiger partial charge in [0.05, 0.1) is 16.1 Å². The average Bonchev–Trinajstić information content (AvgIpc) is 2.86. The van der Waals surface area contributed by atoms with Crippen molar-refractivity contribution in [2.75, 3.05) is 11.5 Å². The van der Waals surface area contributed by atoms with Gasteiger partial charge in [-0.1, -0.05) is 18.2 Å². The summed E-state index contributed by atoms with van der Waals surface area (Å²) in [6.45, 7) is 0. The molecule has 0 saturated heterocycles. The van der Waals surface area contributed by atoms with Gasteiger partial charge in [-0.2, -0.15) is 0 Å². The predicted octanol–water partition coefficient (Wildman–Crippen LogP) is 1.80. The van der Waals surface area contributed by atoms with Crippen LogP contribution in [-0.2, 0) is 0 Å². The van der Waals surface area contributed by atoms with Gasteiger partial charge in [0.1, 0.15) is 5.82 Å². The molecule has 0 aliphatic carbocycles. The standard InChI is InChI=1S/C15H12FN3S/c16-10-7-11(17)9(6-12(10)18)15(19)14-5-8-3-1-2-4-13(8)20-14/h1-7,19H,17-18H2/p+1. The molecule has 0 atom stereocenters. The number of thiophene rings is 1. The van der Waals surface area contributed by atoms with E-state index in [0.717, 1.165) is 15.0 Å². The van der Waals surface area contributed by atoms with Crippen molar-refractivity contribution in [3.05, 3.63) is 58.7 Å². The summed E-state index contributed by atoms with van der Waals surface area (Å²) >= 11 is 1.57. The van der Waals surface area contributed by atoms with E-state index in [1.54, 1.807) is 11.3 Å². The topological polar surface area (TPSA) is 77.6 Å². The van der Waals surface area contributed by atoms with E-state index in [1.165, 1.54) is 12.1 Å². The van der Waals surface area contributed by atoms with E-state index in [4.69, 9.17) is 16.9 Å². The number of anilines is 2. The van der Waals surface area contributed by atoms with E-state index in [9.17, 15) is 4.39 Å². The first-order valence-corrected chi connectivity index (χ1v) is 6.84. The molecule has 0 fully saturated rings. The van der Waals surface area contributed by atoms with Gasteiger partial charge in [0.2, 0.25) is 5.71 Å². The van der Waals surface area contributed by atoms with E-state index in [1.807, 2.05) is 30.3 Å². The van der Waals surface area contributed by atoms with Crippen LogP contribution in [0.1, 0.15) is 10.4 Å². The Hall–Kier alpha value is -2.40. The smallest absolute Gasteiger partial charge is 0.223 e. The second-order valence-electron chi connectivity index (χ2n) is 4.52. The van der Waals surface area contributed by atoms with Crippen LogP contribution in [0.4, 0.5) is 15.8 Å². The number of rotatable bonds is 2. The number of benzene rings is 2. The van der Waals surface area contributed by atoms with Crippen molar-refractivity contribution < 1.29 is 9.80 Å². The van der Waals surface area contributed by atoms with E-state index in [2.05, 4.69) is 0 Å². The fourth-order valence-electron chi connectivity index (χ4n) is 2.09. The molecule has 0 bridgehead atoms. The van der Waals surface area contributed by atoms with E-state index in [-0.39, 0.29) is 11.4 Å². The molecule has 3 aromatic rings. The first-order chi connectivity index (χ1) is 9.56. The maximum Gasteiger partial charge on any atom is 0.223 e. The van der Waals surface area contributed by atoms with Gasteiger partial charge in [-0.15, -0.1) is 11.3 Å². The highest BCUT2D eigenvalue weighted by Gasteiger charge is 2.18. The summed E-state index contributed by atoms with van der Waals surface area (Å²) in [6.07, 6.45) is 0. The summed E-state index contributed by atoms with van der Waals surface area (Å²) in [5.74, 6) is -0.532. The van der Waals surface area contributed by atoms with Crippen molar-refractivity contribution in [3.8, 4) is 0 Å². The lowest BCUT2D eigenvalue weighted by molar-refractivity contribution is -0.111. The lowest BCUT2D eigenvalue weighted by atomic mass is 10.1. The monoisotopic (exact) mass is 286 g/mol. The molecule has 3 nitrogen and oxygen atoms in total. The van der Waals surface area contributed by atoms with Crippen LogP contribution in [0.3, 0.4) is 0 Å². The van der Waals surface area contributed by atoms with Gasteiger partial charge in [0.15, 0.2) is 0 Å². The quantitative estimate of drug-likeness (QED) is 0.496. The normalized spacial score (nSPS) is 10.8. The van der Waals surface area contributed by atoms with Gasteiger partial charge in [0, 0.05) is 10.4 Å². The molecule has 2 aromatic carbocycles. The van der Waals surface area contributed by atoms with Crippen LogP contribution in [0.2, 0.25) is 0 Å². The Morgan fingerprint density at radius 1 is 1.05 bits per heavy atom. The zero-order chi connectivity index (χ0) is 14.3. The molecule has 0 aliphatic rings. The molecule has 0 saturated carbocycles. The lowest BCUT2D eigenvalue weighted by Gasteiger charge is -2.04. The largest absolute Gasteiger partial charge is 0.398 e. The van der Waals surface area contributed by atoms with Gasteiger partial charge < -0.3 is 11.5 Å². The fourth-order valence-corrected chi connectivity index (χ4v) is 3.12.